The molecule has 0 aliphatic carbocycles. The molecule has 0 aromatic carbocycles. The minimum Gasteiger partial charge on any atom is -0.377 e. The lowest BCUT2D eigenvalue weighted by Crippen LogP contribution is -2.47. The number of nitrogens with zero attached hydrogens (tertiary/aromatic N) is 2. The van der Waals surface area contributed by atoms with E-state index in [1.165, 1.54) is 0 Å². The van der Waals surface area contributed by atoms with Crippen LogP contribution < -0.4 is 0 Å². The second kappa shape index (κ2) is 4.93. The van der Waals surface area contributed by atoms with E-state index in [9.17, 15) is 4.79 Å². The molecule has 0 saturated carbocycles. The molecule has 0 spiro atoms. The third-order valence-electron chi connectivity index (χ3n) is 2.59. The summed E-state index contributed by atoms with van der Waals surface area (Å²) in [6, 6.07) is 3.73. The van der Waals surface area contributed by atoms with Gasteiger partial charge >= 0.3 is 0 Å². The predicted molar refractivity (Wildman–Crippen MR) is 63.3 cm³/mol. The Labute approximate surface area is 103 Å². The Morgan fingerprint density at radius 2 is 2.50 bits per heavy atom. The molecule has 1 aromatic heterocycles. The molecule has 16 heavy (non-hydrogen) atoms. The Hall–Kier alpha value is -0.940. The minimum atomic E-state index is -0.0386. The first-order valence-electron chi connectivity index (χ1n) is 5.19. The highest BCUT2D eigenvalue weighted by atomic mass is 79.9. The van der Waals surface area contributed by atoms with Crippen molar-refractivity contribution in [1.82, 2.24) is 9.88 Å². The lowest BCUT2D eigenvalue weighted by molar-refractivity contribution is 0.00321. The normalized spacial score (nSPS) is 20.9. The summed E-state index contributed by atoms with van der Waals surface area (Å²) in [5, 5.41) is 0. The van der Waals surface area contributed by atoms with Crippen molar-refractivity contribution in [2.45, 2.75) is 13.0 Å². The van der Waals surface area contributed by atoms with Crippen molar-refractivity contribution in [3.05, 3.63) is 28.5 Å². The van der Waals surface area contributed by atoms with Crippen molar-refractivity contribution in [3.63, 3.8) is 0 Å². The van der Waals surface area contributed by atoms with Gasteiger partial charge in [0.05, 0.1) is 19.3 Å². The topological polar surface area (TPSA) is 42.4 Å². The summed E-state index contributed by atoms with van der Waals surface area (Å²) < 4.78 is 6.04. The molecule has 1 saturated heterocycles. The summed E-state index contributed by atoms with van der Waals surface area (Å²) >= 11 is 3.34. The number of morpholine rings is 1. The molecular formula is C11H13BrN2O2. The van der Waals surface area contributed by atoms with E-state index in [4.69, 9.17) is 4.74 Å². The van der Waals surface area contributed by atoms with E-state index in [0.717, 1.165) is 4.47 Å². The van der Waals surface area contributed by atoms with Crippen LogP contribution in [0.5, 0.6) is 0 Å². The van der Waals surface area contributed by atoms with E-state index < -0.39 is 0 Å². The number of rotatable bonds is 1. The van der Waals surface area contributed by atoms with Crippen LogP contribution in [0.3, 0.4) is 0 Å². The molecule has 1 aliphatic heterocycles. The SMILES string of the molecule is C[C@@H]1COCCN1C(=O)c1ncccc1Br. The van der Waals surface area contributed by atoms with Crippen LogP contribution >= 0.6 is 15.9 Å². The molecule has 86 valence electrons. The van der Waals surface area contributed by atoms with Gasteiger partial charge in [-0.25, -0.2) is 4.98 Å². The summed E-state index contributed by atoms with van der Waals surface area (Å²) in [6.07, 6.45) is 1.63. The molecule has 2 heterocycles. The van der Waals surface area contributed by atoms with Gasteiger partial charge in [-0.15, -0.1) is 0 Å². The molecule has 1 atom stereocenters. The Balaban J connectivity index is 2.21. The zero-order valence-corrected chi connectivity index (χ0v) is 10.6. The highest BCUT2D eigenvalue weighted by Gasteiger charge is 2.26. The predicted octanol–water partition coefficient (Wildman–Crippen LogP) is 1.70. The van der Waals surface area contributed by atoms with E-state index >= 15 is 0 Å². The largest absolute Gasteiger partial charge is 0.377 e. The molecule has 0 unspecified atom stereocenters. The Morgan fingerprint density at radius 1 is 1.69 bits per heavy atom. The fraction of sp³-hybridized carbons (Fsp3) is 0.455. The monoisotopic (exact) mass is 284 g/mol. The van der Waals surface area contributed by atoms with Crippen LogP contribution in [0.2, 0.25) is 0 Å². The van der Waals surface area contributed by atoms with Crippen LogP contribution in [0.4, 0.5) is 0 Å². The first kappa shape index (κ1) is 11.5. The van der Waals surface area contributed by atoms with Crippen LogP contribution in [0.25, 0.3) is 0 Å². The smallest absolute Gasteiger partial charge is 0.274 e. The van der Waals surface area contributed by atoms with Gasteiger partial charge in [-0.05, 0) is 35.0 Å². The summed E-state index contributed by atoms with van der Waals surface area (Å²) in [7, 11) is 0. The second-order valence-electron chi connectivity index (χ2n) is 3.76. The van der Waals surface area contributed by atoms with Crippen LogP contribution in [0.1, 0.15) is 17.4 Å². The number of pyridine rings is 1. The molecule has 1 amide bonds. The van der Waals surface area contributed by atoms with E-state index in [2.05, 4.69) is 20.9 Å². The number of carbonyl (C=O) groups excluding carboxylic acids is 1. The first-order chi connectivity index (χ1) is 7.70. The van der Waals surface area contributed by atoms with Crippen LogP contribution in [-0.4, -0.2) is 41.6 Å². The Morgan fingerprint density at radius 3 is 3.19 bits per heavy atom. The summed E-state index contributed by atoms with van der Waals surface area (Å²) in [4.78, 5) is 18.1. The molecule has 4 nitrogen and oxygen atoms in total. The van der Waals surface area contributed by atoms with Gasteiger partial charge in [0.2, 0.25) is 0 Å². The van der Waals surface area contributed by atoms with Crippen LogP contribution in [0.15, 0.2) is 22.8 Å². The quantitative estimate of drug-likeness (QED) is 0.788. The average Bonchev–Trinajstić information content (AvgIpc) is 2.29. The van der Waals surface area contributed by atoms with Gasteiger partial charge < -0.3 is 9.64 Å². The van der Waals surface area contributed by atoms with Crippen molar-refractivity contribution in [1.29, 1.82) is 0 Å². The van der Waals surface area contributed by atoms with Crippen molar-refractivity contribution in [3.8, 4) is 0 Å². The zero-order valence-electron chi connectivity index (χ0n) is 9.02. The fourth-order valence-electron chi connectivity index (χ4n) is 1.71. The number of hydrogen-bond acceptors (Lipinski definition) is 3. The molecule has 1 fully saturated rings. The lowest BCUT2D eigenvalue weighted by Gasteiger charge is -2.33. The van der Waals surface area contributed by atoms with Crippen molar-refractivity contribution in [2.24, 2.45) is 0 Å². The zero-order chi connectivity index (χ0) is 11.5. The summed E-state index contributed by atoms with van der Waals surface area (Å²) in [5.74, 6) is -0.0386. The first-order valence-corrected chi connectivity index (χ1v) is 5.98. The average molecular weight is 285 g/mol. The Bertz CT molecular complexity index is 397. The van der Waals surface area contributed by atoms with E-state index in [1.807, 2.05) is 13.0 Å². The second-order valence-corrected chi connectivity index (χ2v) is 4.61. The van der Waals surface area contributed by atoms with Crippen LogP contribution in [0, 0.1) is 0 Å². The molecule has 1 aromatic rings. The van der Waals surface area contributed by atoms with Crippen molar-refractivity contribution in [2.75, 3.05) is 19.8 Å². The number of ether oxygens (including phenoxy) is 1. The molecule has 0 N–H and O–H groups in total. The summed E-state index contributed by atoms with van der Waals surface area (Å²) in [5.41, 5.74) is 0.469. The maximum atomic E-state index is 12.2. The Kier molecular flexibility index (Phi) is 3.56. The van der Waals surface area contributed by atoms with Gasteiger partial charge in [-0.2, -0.15) is 0 Å². The van der Waals surface area contributed by atoms with Gasteiger partial charge in [0.1, 0.15) is 5.69 Å². The van der Waals surface area contributed by atoms with Gasteiger partial charge in [0, 0.05) is 17.2 Å². The molecule has 0 bridgehead atoms. The third kappa shape index (κ3) is 2.25. The van der Waals surface area contributed by atoms with Gasteiger partial charge in [0.25, 0.3) is 5.91 Å². The van der Waals surface area contributed by atoms with E-state index in [-0.39, 0.29) is 11.9 Å². The van der Waals surface area contributed by atoms with E-state index in [0.29, 0.717) is 25.5 Å². The van der Waals surface area contributed by atoms with Crippen molar-refractivity contribution >= 4 is 21.8 Å². The number of carbonyl (C=O) groups is 1. The molecule has 0 radical (unpaired) electrons. The van der Waals surface area contributed by atoms with Crippen molar-refractivity contribution < 1.29 is 9.53 Å². The number of hydrogen-bond donors (Lipinski definition) is 0. The third-order valence-corrected chi connectivity index (χ3v) is 3.23. The van der Waals surface area contributed by atoms with E-state index in [1.54, 1.807) is 17.2 Å². The van der Waals surface area contributed by atoms with Gasteiger partial charge in [0.15, 0.2) is 0 Å². The van der Waals surface area contributed by atoms with Gasteiger partial charge in [-0.1, -0.05) is 0 Å². The highest BCUT2D eigenvalue weighted by molar-refractivity contribution is 9.10. The van der Waals surface area contributed by atoms with Gasteiger partial charge in [-0.3, -0.25) is 4.79 Å². The molecular weight excluding hydrogens is 272 g/mol. The minimum absolute atomic E-state index is 0.0386. The molecule has 1 aliphatic rings. The summed E-state index contributed by atoms with van der Waals surface area (Å²) in [6.45, 7) is 3.80. The fourth-order valence-corrected chi connectivity index (χ4v) is 2.13. The number of amides is 1. The highest BCUT2D eigenvalue weighted by Crippen LogP contribution is 2.17. The molecule has 2 rings (SSSR count). The number of aromatic nitrogens is 1. The van der Waals surface area contributed by atoms with Crippen LogP contribution in [-0.2, 0) is 4.74 Å². The maximum absolute atomic E-state index is 12.2. The number of halogens is 1. The maximum Gasteiger partial charge on any atom is 0.274 e. The lowest BCUT2D eigenvalue weighted by atomic mass is 10.2. The standard InChI is InChI=1S/C11H13BrN2O2/c1-8-7-16-6-5-14(8)11(15)10-9(12)3-2-4-13-10/h2-4,8H,5-7H2,1H3/t8-/m1/s1. The molecule has 5 heteroatoms.